The van der Waals surface area contributed by atoms with Crippen molar-refractivity contribution in [1.29, 1.82) is 0 Å². The van der Waals surface area contributed by atoms with Crippen LogP contribution in [-0.4, -0.2) is 48.6 Å². The van der Waals surface area contributed by atoms with Gasteiger partial charge in [-0.1, -0.05) is 12.1 Å². The number of nitrogens with zero attached hydrogens (tertiary/aromatic N) is 3. The quantitative estimate of drug-likeness (QED) is 0.749. The molecule has 8 heteroatoms. The minimum absolute atomic E-state index is 0.0507. The number of aromatic nitrogens is 2. The van der Waals surface area contributed by atoms with Crippen LogP contribution in [0.5, 0.6) is 0 Å². The summed E-state index contributed by atoms with van der Waals surface area (Å²) in [6.07, 6.45) is 2.21. The van der Waals surface area contributed by atoms with Crippen LogP contribution in [0, 0.1) is 11.7 Å². The summed E-state index contributed by atoms with van der Waals surface area (Å²) in [5, 5.41) is 3.80. The van der Waals surface area contributed by atoms with Gasteiger partial charge < -0.3 is 15.0 Å². The number of halogens is 1. The highest BCUT2D eigenvalue weighted by Crippen LogP contribution is 2.25. The van der Waals surface area contributed by atoms with Gasteiger partial charge in [-0.2, -0.15) is 4.37 Å². The fourth-order valence-electron chi connectivity index (χ4n) is 2.98. The molecule has 0 aliphatic carbocycles. The number of carbonyl (C=O) groups is 1. The van der Waals surface area contributed by atoms with Crippen LogP contribution in [0.25, 0.3) is 0 Å². The predicted octanol–water partition coefficient (Wildman–Crippen LogP) is 2.25. The molecular formula is C18H23FN4O2S. The smallest absolute Gasteiger partial charge is 0.223 e. The Labute approximate surface area is 156 Å². The average molecular weight is 378 g/mol. The number of hydrogen-bond acceptors (Lipinski definition) is 6. The number of rotatable bonds is 7. The highest BCUT2D eigenvalue weighted by atomic mass is 32.1. The molecule has 1 aliphatic rings. The number of ether oxygens (including phenoxy) is 1. The molecule has 0 saturated carbocycles. The zero-order valence-electron chi connectivity index (χ0n) is 14.8. The van der Waals surface area contributed by atoms with Gasteiger partial charge in [-0.25, -0.2) is 9.37 Å². The molecule has 1 aromatic heterocycles. The van der Waals surface area contributed by atoms with E-state index in [-0.39, 0.29) is 17.6 Å². The van der Waals surface area contributed by atoms with Crippen molar-refractivity contribution < 1.29 is 13.9 Å². The first kappa shape index (κ1) is 18.7. The van der Waals surface area contributed by atoms with E-state index >= 15 is 0 Å². The summed E-state index contributed by atoms with van der Waals surface area (Å²) in [6.45, 7) is 2.69. The van der Waals surface area contributed by atoms with Crippen molar-refractivity contribution in [3.63, 3.8) is 0 Å². The number of anilines is 1. The molecule has 0 spiro atoms. The third-order valence-electron chi connectivity index (χ3n) is 4.47. The van der Waals surface area contributed by atoms with Crippen LogP contribution in [0.3, 0.4) is 0 Å². The maximum absolute atomic E-state index is 13.0. The Balaban J connectivity index is 1.50. The highest BCUT2D eigenvalue weighted by Gasteiger charge is 2.26. The standard InChI is InChI=1S/C18H23FN4O2S/c1-25-11-8-20-17(24)14-6-9-23(10-7-14)18-21-16(22-26-18)12-13-2-4-15(19)5-3-13/h2-5,14H,6-12H2,1H3,(H,20,24). The molecule has 6 nitrogen and oxygen atoms in total. The van der Waals surface area contributed by atoms with Gasteiger partial charge in [0.1, 0.15) is 11.6 Å². The van der Waals surface area contributed by atoms with Crippen molar-refractivity contribution in [2.45, 2.75) is 19.3 Å². The van der Waals surface area contributed by atoms with Crippen LogP contribution in [0.15, 0.2) is 24.3 Å². The van der Waals surface area contributed by atoms with Crippen molar-refractivity contribution in [3.8, 4) is 0 Å². The summed E-state index contributed by atoms with van der Waals surface area (Å²) >= 11 is 1.38. The largest absolute Gasteiger partial charge is 0.383 e. The SMILES string of the molecule is COCCNC(=O)C1CCN(c2nc(Cc3ccc(F)cc3)ns2)CC1. The molecule has 0 bridgehead atoms. The molecule has 1 amide bonds. The lowest BCUT2D eigenvalue weighted by molar-refractivity contribution is -0.125. The van der Waals surface area contributed by atoms with Gasteiger partial charge in [-0.05, 0) is 30.5 Å². The van der Waals surface area contributed by atoms with Crippen LogP contribution in [0.4, 0.5) is 9.52 Å². The topological polar surface area (TPSA) is 67.3 Å². The van der Waals surface area contributed by atoms with Crippen molar-refractivity contribution in [2.75, 3.05) is 38.3 Å². The fraction of sp³-hybridized carbons (Fsp3) is 0.500. The third-order valence-corrected chi connectivity index (χ3v) is 5.29. The van der Waals surface area contributed by atoms with Gasteiger partial charge in [0.25, 0.3) is 0 Å². The van der Waals surface area contributed by atoms with Gasteiger partial charge in [0, 0.05) is 50.6 Å². The van der Waals surface area contributed by atoms with E-state index < -0.39 is 0 Å². The maximum atomic E-state index is 13.0. The van der Waals surface area contributed by atoms with Crippen molar-refractivity contribution in [2.24, 2.45) is 5.92 Å². The Morgan fingerprint density at radius 2 is 2.08 bits per heavy atom. The number of methoxy groups -OCH3 is 1. The van der Waals surface area contributed by atoms with Crippen molar-refractivity contribution >= 4 is 22.6 Å². The van der Waals surface area contributed by atoms with E-state index in [1.54, 1.807) is 19.2 Å². The van der Waals surface area contributed by atoms with Crippen LogP contribution in [-0.2, 0) is 16.0 Å². The van der Waals surface area contributed by atoms with Gasteiger partial charge in [-0.15, -0.1) is 0 Å². The Kier molecular flexibility index (Phi) is 6.51. The summed E-state index contributed by atoms with van der Waals surface area (Å²) in [7, 11) is 1.62. The van der Waals surface area contributed by atoms with Crippen molar-refractivity contribution in [3.05, 3.63) is 41.5 Å². The van der Waals surface area contributed by atoms with Gasteiger partial charge in [0.15, 0.2) is 0 Å². The Morgan fingerprint density at radius 3 is 2.77 bits per heavy atom. The lowest BCUT2D eigenvalue weighted by atomic mass is 9.96. The first-order valence-electron chi connectivity index (χ1n) is 8.74. The number of piperidine rings is 1. The summed E-state index contributed by atoms with van der Waals surface area (Å²) in [6, 6.07) is 6.41. The lowest BCUT2D eigenvalue weighted by Gasteiger charge is -2.30. The molecule has 1 N–H and O–H groups in total. The summed E-state index contributed by atoms with van der Waals surface area (Å²) in [5.41, 5.74) is 0.988. The molecule has 26 heavy (non-hydrogen) atoms. The Bertz CT molecular complexity index is 714. The Hall–Kier alpha value is -2.06. The van der Waals surface area contributed by atoms with E-state index in [4.69, 9.17) is 4.74 Å². The zero-order valence-corrected chi connectivity index (χ0v) is 15.6. The molecule has 1 aromatic carbocycles. The van der Waals surface area contributed by atoms with E-state index in [1.807, 2.05) is 0 Å². The van der Waals surface area contributed by atoms with Gasteiger partial charge in [0.05, 0.1) is 6.61 Å². The number of nitrogens with one attached hydrogen (secondary N) is 1. The molecule has 3 rings (SSSR count). The molecule has 0 unspecified atom stereocenters. The first-order valence-corrected chi connectivity index (χ1v) is 9.51. The van der Waals surface area contributed by atoms with Crippen molar-refractivity contribution in [1.82, 2.24) is 14.7 Å². The molecule has 140 valence electrons. The molecule has 0 radical (unpaired) electrons. The van der Waals surface area contributed by atoms with E-state index in [9.17, 15) is 9.18 Å². The normalized spacial score (nSPS) is 15.2. The highest BCUT2D eigenvalue weighted by molar-refractivity contribution is 7.09. The van der Waals surface area contributed by atoms with Crippen LogP contribution in [0.2, 0.25) is 0 Å². The number of carbonyl (C=O) groups excluding carboxylic acids is 1. The molecule has 1 aliphatic heterocycles. The van der Waals surface area contributed by atoms with Gasteiger partial charge >= 0.3 is 0 Å². The second kappa shape index (κ2) is 9.05. The molecule has 0 atom stereocenters. The van der Waals surface area contributed by atoms with E-state index in [0.29, 0.717) is 19.6 Å². The minimum atomic E-state index is -0.241. The van der Waals surface area contributed by atoms with Crippen LogP contribution >= 0.6 is 11.5 Å². The van der Waals surface area contributed by atoms with Gasteiger partial charge in [-0.3, -0.25) is 4.79 Å². The van der Waals surface area contributed by atoms with E-state index in [1.165, 1.54) is 23.7 Å². The maximum Gasteiger partial charge on any atom is 0.223 e. The number of hydrogen-bond donors (Lipinski definition) is 1. The van der Waals surface area contributed by atoms with E-state index in [0.717, 1.165) is 42.5 Å². The minimum Gasteiger partial charge on any atom is -0.383 e. The molecule has 2 heterocycles. The molecule has 1 fully saturated rings. The van der Waals surface area contributed by atoms with Crippen LogP contribution in [0.1, 0.15) is 24.2 Å². The average Bonchev–Trinajstić information content (AvgIpc) is 3.12. The molecule has 2 aromatic rings. The Morgan fingerprint density at radius 1 is 1.35 bits per heavy atom. The summed E-state index contributed by atoms with van der Waals surface area (Å²) < 4.78 is 22.3. The zero-order chi connectivity index (χ0) is 18.4. The fourth-order valence-corrected chi connectivity index (χ4v) is 3.72. The second-order valence-corrected chi connectivity index (χ2v) is 7.07. The molecular weight excluding hydrogens is 355 g/mol. The first-order chi connectivity index (χ1) is 12.7. The lowest BCUT2D eigenvalue weighted by Crippen LogP contribution is -2.41. The summed E-state index contributed by atoms with van der Waals surface area (Å²) in [5.74, 6) is 0.663. The second-order valence-electron chi connectivity index (χ2n) is 6.34. The summed E-state index contributed by atoms with van der Waals surface area (Å²) in [4.78, 5) is 18.9. The molecule has 1 saturated heterocycles. The third kappa shape index (κ3) is 4.98. The van der Waals surface area contributed by atoms with Crippen LogP contribution < -0.4 is 10.2 Å². The predicted molar refractivity (Wildman–Crippen MR) is 98.9 cm³/mol. The monoisotopic (exact) mass is 378 g/mol. The van der Waals surface area contributed by atoms with E-state index in [2.05, 4.69) is 19.6 Å². The number of amides is 1. The van der Waals surface area contributed by atoms with Gasteiger partial charge in [0.2, 0.25) is 11.0 Å². The number of benzene rings is 1.